The number of unbranched alkanes of at least 4 members (excludes halogenated alkanes) is 3. The Kier molecular flexibility index (Phi) is 9.95. The Balaban J connectivity index is 4.41. The van der Waals surface area contributed by atoms with Gasteiger partial charge in [-0.15, -0.1) is 0 Å². The molecule has 0 saturated heterocycles. The van der Waals surface area contributed by atoms with Gasteiger partial charge >= 0.3 is 6.09 Å². The first-order valence-electron chi connectivity index (χ1n) is 7.05. The molecule has 0 aromatic carbocycles. The number of alkyl carbamates (subject to hydrolysis) is 1. The van der Waals surface area contributed by atoms with Gasteiger partial charge < -0.3 is 15.4 Å². The van der Waals surface area contributed by atoms with Crippen molar-refractivity contribution < 1.29 is 22.7 Å². The molecule has 0 rings (SSSR count). The first-order valence-corrected chi connectivity index (χ1v) is 9.12. The number of carbonyl (C=O) groups is 2. The molecular weight excluding hydrogens is 310 g/mol. The van der Waals surface area contributed by atoms with E-state index in [1.165, 1.54) is 0 Å². The second-order valence-electron chi connectivity index (χ2n) is 4.86. The maximum absolute atomic E-state index is 11.7. The highest BCUT2D eigenvalue weighted by atomic mass is 32.2. The monoisotopic (exact) mass is 333 g/mol. The molecule has 0 aliphatic rings. The number of carbonyl (C=O) groups excluding carboxylic acids is 2. The fourth-order valence-electron chi connectivity index (χ4n) is 1.61. The van der Waals surface area contributed by atoms with E-state index in [1.54, 1.807) is 6.07 Å². The lowest BCUT2D eigenvalue weighted by Gasteiger charge is -2.16. The molecule has 1 unspecified atom stereocenters. The highest BCUT2D eigenvalue weighted by Gasteiger charge is 2.25. The van der Waals surface area contributed by atoms with Crippen molar-refractivity contribution in [2.75, 3.05) is 25.2 Å². The third-order valence-corrected chi connectivity index (χ3v) is 3.59. The van der Waals surface area contributed by atoms with Gasteiger partial charge in [0.1, 0.15) is 22.4 Å². The SMILES string of the molecule is CCCCCCOC(=O)NC(CS(C)(=O)=O)C(=O)NCC#N. The first-order chi connectivity index (χ1) is 10.3. The van der Waals surface area contributed by atoms with Crippen LogP contribution in [0, 0.1) is 11.3 Å². The van der Waals surface area contributed by atoms with Gasteiger partial charge in [0, 0.05) is 6.26 Å². The van der Waals surface area contributed by atoms with Crippen LogP contribution in [0.5, 0.6) is 0 Å². The second kappa shape index (κ2) is 10.8. The summed E-state index contributed by atoms with van der Waals surface area (Å²) in [5.41, 5.74) is 0. The fourth-order valence-corrected chi connectivity index (χ4v) is 2.45. The molecule has 0 bridgehead atoms. The van der Waals surface area contributed by atoms with Crippen LogP contribution in [-0.2, 0) is 19.4 Å². The van der Waals surface area contributed by atoms with E-state index in [9.17, 15) is 18.0 Å². The van der Waals surface area contributed by atoms with Crippen molar-refractivity contribution in [1.82, 2.24) is 10.6 Å². The molecular formula is C13H23N3O5S. The summed E-state index contributed by atoms with van der Waals surface area (Å²) in [5.74, 6) is -1.30. The largest absolute Gasteiger partial charge is 0.450 e. The molecule has 2 N–H and O–H groups in total. The lowest BCUT2D eigenvalue weighted by atomic mass is 10.2. The molecule has 1 atom stereocenters. The number of hydrogen-bond donors (Lipinski definition) is 2. The van der Waals surface area contributed by atoms with Crippen LogP contribution in [0.15, 0.2) is 0 Å². The maximum Gasteiger partial charge on any atom is 0.407 e. The van der Waals surface area contributed by atoms with Crippen LogP contribution in [0.1, 0.15) is 32.6 Å². The normalized spacial score (nSPS) is 12.0. The summed E-state index contributed by atoms with van der Waals surface area (Å²) < 4.78 is 27.5. The van der Waals surface area contributed by atoms with Gasteiger partial charge in [0.25, 0.3) is 0 Å². The van der Waals surface area contributed by atoms with E-state index in [-0.39, 0.29) is 13.2 Å². The summed E-state index contributed by atoms with van der Waals surface area (Å²) in [7, 11) is -3.49. The quantitative estimate of drug-likeness (QED) is 0.439. The number of hydrogen-bond acceptors (Lipinski definition) is 6. The minimum atomic E-state index is -3.49. The van der Waals surface area contributed by atoms with Gasteiger partial charge in [0.15, 0.2) is 0 Å². The Morgan fingerprint density at radius 2 is 1.95 bits per heavy atom. The molecule has 0 aromatic rings. The van der Waals surface area contributed by atoms with E-state index in [1.807, 2.05) is 0 Å². The van der Waals surface area contributed by atoms with Crippen molar-refractivity contribution in [3.8, 4) is 6.07 Å². The summed E-state index contributed by atoms with van der Waals surface area (Å²) >= 11 is 0. The molecule has 0 aliphatic carbocycles. The third-order valence-electron chi connectivity index (χ3n) is 2.65. The van der Waals surface area contributed by atoms with Gasteiger partial charge in [-0.3, -0.25) is 4.79 Å². The minimum absolute atomic E-state index is 0.206. The van der Waals surface area contributed by atoms with E-state index >= 15 is 0 Å². The van der Waals surface area contributed by atoms with Gasteiger partial charge in [-0.2, -0.15) is 5.26 Å². The zero-order valence-corrected chi connectivity index (χ0v) is 13.7. The molecule has 0 radical (unpaired) electrons. The van der Waals surface area contributed by atoms with Crippen molar-refractivity contribution in [2.24, 2.45) is 0 Å². The Bertz CT molecular complexity index is 498. The summed E-state index contributed by atoms with van der Waals surface area (Å²) in [4.78, 5) is 23.3. The average Bonchev–Trinajstić information content (AvgIpc) is 2.42. The van der Waals surface area contributed by atoms with E-state index in [2.05, 4.69) is 17.6 Å². The van der Waals surface area contributed by atoms with Gasteiger partial charge in [-0.25, -0.2) is 13.2 Å². The molecule has 0 spiro atoms. The van der Waals surface area contributed by atoms with Crippen molar-refractivity contribution >= 4 is 21.8 Å². The Hall–Kier alpha value is -1.82. The smallest absolute Gasteiger partial charge is 0.407 e. The second-order valence-corrected chi connectivity index (χ2v) is 7.05. The van der Waals surface area contributed by atoms with Crippen LogP contribution < -0.4 is 10.6 Å². The third kappa shape index (κ3) is 10.9. The summed E-state index contributed by atoms with van der Waals surface area (Å²) in [5, 5.41) is 12.8. The van der Waals surface area contributed by atoms with Crippen LogP contribution in [-0.4, -0.2) is 51.6 Å². The predicted octanol–water partition coefficient (Wildman–Crippen LogP) is 0.346. The number of nitrogens with one attached hydrogen (secondary N) is 2. The standard InChI is InChI=1S/C13H23N3O5S/c1-3-4-5-6-9-21-13(18)16-11(10-22(2,19)20)12(17)15-8-7-14/h11H,3-6,8-10H2,1-2H3,(H,15,17)(H,16,18). The summed E-state index contributed by atoms with van der Waals surface area (Å²) in [6.07, 6.45) is 3.84. The number of amides is 2. The van der Waals surface area contributed by atoms with Crippen molar-refractivity contribution in [2.45, 2.75) is 38.6 Å². The molecule has 0 aliphatic heterocycles. The highest BCUT2D eigenvalue weighted by Crippen LogP contribution is 1.99. The lowest BCUT2D eigenvalue weighted by molar-refractivity contribution is -0.122. The molecule has 8 nitrogen and oxygen atoms in total. The van der Waals surface area contributed by atoms with E-state index in [0.29, 0.717) is 6.42 Å². The van der Waals surface area contributed by atoms with Gasteiger partial charge in [-0.05, 0) is 6.42 Å². The van der Waals surface area contributed by atoms with Crippen LogP contribution in [0.25, 0.3) is 0 Å². The molecule has 22 heavy (non-hydrogen) atoms. The van der Waals surface area contributed by atoms with Crippen molar-refractivity contribution in [1.29, 1.82) is 5.26 Å². The zero-order valence-electron chi connectivity index (χ0n) is 12.9. The number of rotatable bonds is 10. The molecule has 0 aromatic heterocycles. The van der Waals surface area contributed by atoms with Crippen LogP contribution >= 0.6 is 0 Å². The fraction of sp³-hybridized carbons (Fsp3) is 0.769. The number of ether oxygens (including phenoxy) is 1. The van der Waals surface area contributed by atoms with Gasteiger partial charge in [-0.1, -0.05) is 26.2 Å². The van der Waals surface area contributed by atoms with Gasteiger partial charge in [0.2, 0.25) is 5.91 Å². The first kappa shape index (κ1) is 20.2. The highest BCUT2D eigenvalue weighted by molar-refractivity contribution is 7.90. The van der Waals surface area contributed by atoms with E-state index in [4.69, 9.17) is 10.00 Å². The van der Waals surface area contributed by atoms with Crippen LogP contribution in [0.4, 0.5) is 4.79 Å². The average molecular weight is 333 g/mol. The number of nitrogens with zero attached hydrogens (tertiary/aromatic N) is 1. The Labute approximate surface area is 131 Å². The van der Waals surface area contributed by atoms with Gasteiger partial charge in [0.05, 0.1) is 18.4 Å². The predicted molar refractivity (Wildman–Crippen MR) is 80.7 cm³/mol. The number of nitriles is 1. The van der Waals surface area contributed by atoms with Crippen molar-refractivity contribution in [3.05, 3.63) is 0 Å². The zero-order chi connectivity index (χ0) is 17.0. The topological polar surface area (TPSA) is 125 Å². The minimum Gasteiger partial charge on any atom is -0.450 e. The summed E-state index contributed by atoms with van der Waals surface area (Å²) in [6.45, 7) is 1.99. The Morgan fingerprint density at radius 1 is 1.27 bits per heavy atom. The summed E-state index contributed by atoms with van der Waals surface area (Å²) in [6, 6.07) is 0.412. The maximum atomic E-state index is 11.7. The molecule has 0 heterocycles. The van der Waals surface area contributed by atoms with Crippen LogP contribution in [0.3, 0.4) is 0 Å². The molecule has 126 valence electrons. The number of sulfone groups is 1. The molecule has 0 fully saturated rings. The molecule has 9 heteroatoms. The molecule has 0 saturated carbocycles. The van der Waals surface area contributed by atoms with Crippen LogP contribution in [0.2, 0.25) is 0 Å². The lowest BCUT2D eigenvalue weighted by Crippen LogP contribution is -2.50. The van der Waals surface area contributed by atoms with E-state index in [0.717, 1.165) is 25.5 Å². The van der Waals surface area contributed by atoms with Crippen molar-refractivity contribution in [3.63, 3.8) is 0 Å². The van der Waals surface area contributed by atoms with E-state index < -0.39 is 33.6 Å². The molecule has 2 amide bonds. The Morgan fingerprint density at radius 3 is 2.50 bits per heavy atom.